The molecule has 64 heavy (non-hydrogen) atoms. The summed E-state index contributed by atoms with van der Waals surface area (Å²) >= 11 is 0. The van der Waals surface area contributed by atoms with E-state index in [1.807, 2.05) is 35.0 Å². The molecule has 4 aliphatic heterocycles. The molecule has 1 saturated carbocycles. The Balaban J connectivity index is 0.720. The second kappa shape index (κ2) is 16.7. The Morgan fingerprint density at radius 3 is 2.28 bits per heavy atom. The SMILES string of the molecule is COc1ccc(F)cc1C(=O)NCc1ccc(-c2nn(C3CCN([C@H]4C[C@@H](N5CCN(c6ccc7c(c6)C(=O)N([C@H]6CCC(=O)NC6=O)C7=O)CC5)C4)CC3)c3ncnc(N)c23)cc1. The number of ether oxygens (including phenoxy) is 1. The van der Waals surface area contributed by atoms with Gasteiger partial charge in [-0.05, 0) is 74.1 Å². The second-order valence-corrected chi connectivity index (χ2v) is 17.2. The van der Waals surface area contributed by atoms with Gasteiger partial charge in [0, 0.05) is 75.6 Å². The number of benzene rings is 3. The third-order valence-electron chi connectivity index (χ3n) is 13.7. The third-order valence-corrected chi connectivity index (χ3v) is 13.7. The van der Waals surface area contributed by atoms with Gasteiger partial charge in [-0.1, -0.05) is 24.3 Å². The summed E-state index contributed by atoms with van der Waals surface area (Å²) in [6.07, 6.45) is 5.79. The first-order chi connectivity index (χ1) is 31.0. The predicted molar refractivity (Wildman–Crippen MR) is 233 cm³/mol. The monoisotopic (exact) mass is 869 g/mol. The van der Waals surface area contributed by atoms with E-state index in [9.17, 15) is 28.4 Å². The average molecular weight is 870 g/mol. The highest BCUT2D eigenvalue weighted by atomic mass is 19.1. The van der Waals surface area contributed by atoms with Crippen LogP contribution in [0.25, 0.3) is 22.3 Å². The molecule has 2 aromatic heterocycles. The maximum Gasteiger partial charge on any atom is 0.262 e. The van der Waals surface area contributed by atoms with Gasteiger partial charge in [0.2, 0.25) is 11.8 Å². The molecule has 5 aromatic rings. The van der Waals surface area contributed by atoms with Crippen LogP contribution in [0.2, 0.25) is 0 Å². The molecule has 0 spiro atoms. The van der Waals surface area contributed by atoms with Crippen molar-refractivity contribution in [2.45, 2.75) is 69.2 Å². The van der Waals surface area contributed by atoms with Crippen LogP contribution in [0.1, 0.15) is 81.2 Å². The van der Waals surface area contributed by atoms with E-state index in [4.69, 9.17) is 15.6 Å². The zero-order valence-corrected chi connectivity index (χ0v) is 35.3. The average Bonchev–Trinajstić information content (AvgIpc) is 3.80. The molecule has 5 amide bonds. The Morgan fingerprint density at radius 1 is 0.844 bits per heavy atom. The van der Waals surface area contributed by atoms with Crippen molar-refractivity contribution in [1.82, 2.24) is 45.1 Å². The molecular weight excluding hydrogens is 822 g/mol. The fourth-order valence-electron chi connectivity index (χ4n) is 10.0. The van der Waals surface area contributed by atoms with Crippen LogP contribution in [0.3, 0.4) is 0 Å². The number of anilines is 2. The second-order valence-electron chi connectivity index (χ2n) is 17.2. The van der Waals surface area contributed by atoms with Gasteiger partial charge in [0.1, 0.15) is 35.4 Å². The number of halogens is 1. The van der Waals surface area contributed by atoms with Crippen LogP contribution in [0, 0.1) is 5.82 Å². The molecule has 1 atom stereocenters. The van der Waals surface area contributed by atoms with E-state index in [0.717, 1.165) is 92.7 Å². The highest BCUT2D eigenvalue weighted by Gasteiger charge is 2.45. The first kappa shape index (κ1) is 41.2. The van der Waals surface area contributed by atoms with Gasteiger partial charge in [0.25, 0.3) is 17.7 Å². The lowest BCUT2D eigenvalue weighted by Gasteiger charge is -2.51. The molecule has 5 aliphatic rings. The molecule has 0 radical (unpaired) electrons. The van der Waals surface area contributed by atoms with Crippen LogP contribution >= 0.6 is 0 Å². The highest BCUT2D eigenvalue weighted by Crippen LogP contribution is 2.38. The Bertz CT molecular complexity index is 2690. The molecule has 4 fully saturated rings. The number of hydrogen-bond acceptors (Lipinski definition) is 13. The lowest BCUT2D eigenvalue weighted by Crippen LogP contribution is -2.59. The number of imide groups is 2. The summed E-state index contributed by atoms with van der Waals surface area (Å²) in [7, 11) is 1.44. The number of carbonyl (C=O) groups excluding carboxylic acids is 5. The Morgan fingerprint density at radius 2 is 1.56 bits per heavy atom. The zero-order valence-electron chi connectivity index (χ0n) is 35.3. The number of aromatic nitrogens is 4. The normalized spacial score (nSPS) is 22.1. The molecule has 17 nitrogen and oxygen atoms in total. The summed E-state index contributed by atoms with van der Waals surface area (Å²) < 4.78 is 21.1. The molecule has 3 saturated heterocycles. The molecule has 4 N–H and O–H groups in total. The first-order valence-electron chi connectivity index (χ1n) is 21.8. The van der Waals surface area contributed by atoms with Crippen molar-refractivity contribution in [3.8, 4) is 17.0 Å². The van der Waals surface area contributed by atoms with E-state index in [1.165, 1.54) is 25.6 Å². The van der Waals surface area contributed by atoms with Gasteiger partial charge in [-0.3, -0.25) is 39.1 Å². The van der Waals surface area contributed by atoms with Gasteiger partial charge in [-0.2, -0.15) is 5.10 Å². The van der Waals surface area contributed by atoms with E-state index < -0.39 is 41.4 Å². The fourth-order valence-corrected chi connectivity index (χ4v) is 10.0. The van der Waals surface area contributed by atoms with Crippen molar-refractivity contribution >= 4 is 52.1 Å². The zero-order chi connectivity index (χ0) is 44.2. The van der Waals surface area contributed by atoms with Gasteiger partial charge in [-0.15, -0.1) is 0 Å². The fraction of sp³-hybridized carbons (Fsp3) is 0.391. The summed E-state index contributed by atoms with van der Waals surface area (Å²) in [5.74, 6) is -2.29. The lowest BCUT2D eigenvalue weighted by molar-refractivity contribution is -0.136. The number of methoxy groups -OCH3 is 1. The number of nitrogens with one attached hydrogen (secondary N) is 2. The van der Waals surface area contributed by atoms with E-state index in [0.29, 0.717) is 51.5 Å². The van der Waals surface area contributed by atoms with Crippen LogP contribution < -0.4 is 26.0 Å². The molecule has 10 rings (SSSR count). The quantitative estimate of drug-likeness (QED) is 0.172. The van der Waals surface area contributed by atoms with Crippen molar-refractivity contribution < 1.29 is 33.1 Å². The number of amides is 5. The number of carbonyl (C=O) groups is 5. The number of hydrogen-bond donors (Lipinski definition) is 3. The minimum Gasteiger partial charge on any atom is -0.496 e. The minimum atomic E-state index is -0.981. The largest absolute Gasteiger partial charge is 0.496 e. The topological polar surface area (TPSA) is 201 Å². The lowest BCUT2D eigenvalue weighted by atomic mass is 9.82. The maximum atomic E-state index is 13.9. The number of nitrogens with zero attached hydrogens (tertiary/aromatic N) is 8. The number of rotatable bonds is 10. The molecule has 0 bridgehead atoms. The number of piperidine rings is 2. The van der Waals surface area contributed by atoms with E-state index in [2.05, 4.69) is 35.3 Å². The number of fused-ring (bicyclic) bond motifs is 2. The molecule has 3 aromatic carbocycles. The molecule has 1 aliphatic carbocycles. The van der Waals surface area contributed by atoms with Crippen molar-refractivity contribution in [1.29, 1.82) is 0 Å². The third kappa shape index (κ3) is 7.49. The van der Waals surface area contributed by atoms with Crippen LogP contribution in [-0.2, 0) is 16.1 Å². The molecule has 18 heteroatoms. The molecular formula is C46H48FN11O6. The number of piperazine rings is 1. The summed E-state index contributed by atoms with van der Waals surface area (Å²) in [6, 6.07) is 17.1. The summed E-state index contributed by atoms with van der Waals surface area (Å²) in [5, 5.41) is 10.9. The van der Waals surface area contributed by atoms with E-state index >= 15 is 0 Å². The van der Waals surface area contributed by atoms with Crippen LogP contribution in [0.4, 0.5) is 15.9 Å². The molecule has 6 heterocycles. The Kier molecular flexibility index (Phi) is 10.8. The van der Waals surface area contributed by atoms with Crippen molar-refractivity contribution in [2.24, 2.45) is 0 Å². The van der Waals surface area contributed by atoms with E-state index in [1.54, 1.807) is 12.1 Å². The number of likely N-dealkylation sites (tertiary alicyclic amines) is 1. The summed E-state index contributed by atoms with van der Waals surface area (Å²) in [4.78, 5) is 80.9. The summed E-state index contributed by atoms with van der Waals surface area (Å²) in [6.45, 7) is 5.54. The van der Waals surface area contributed by atoms with Crippen molar-refractivity contribution in [3.63, 3.8) is 0 Å². The van der Waals surface area contributed by atoms with Gasteiger partial charge in [-0.25, -0.2) is 19.0 Å². The van der Waals surface area contributed by atoms with E-state index in [-0.39, 0.29) is 31.0 Å². The maximum absolute atomic E-state index is 13.9. The van der Waals surface area contributed by atoms with Gasteiger partial charge >= 0.3 is 0 Å². The number of nitrogens with two attached hydrogens (primary N) is 1. The van der Waals surface area contributed by atoms with Gasteiger partial charge < -0.3 is 25.6 Å². The number of nitrogen functional groups attached to an aromatic ring is 1. The predicted octanol–water partition coefficient (Wildman–Crippen LogP) is 3.54. The smallest absolute Gasteiger partial charge is 0.262 e. The van der Waals surface area contributed by atoms with Crippen LogP contribution in [0.5, 0.6) is 5.75 Å². The minimum absolute atomic E-state index is 0.0857. The first-order valence-corrected chi connectivity index (χ1v) is 21.8. The molecule has 330 valence electrons. The molecule has 0 unspecified atom stereocenters. The Labute approximate surface area is 367 Å². The van der Waals surface area contributed by atoms with Crippen molar-refractivity contribution in [2.75, 3.05) is 57.0 Å². The Hall–Kier alpha value is -6.79. The van der Waals surface area contributed by atoms with Gasteiger partial charge in [0.15, 0.2) is 5.65 Å². The van der Waals surface area contributed by atoms with Crippen molar-refractivity contribution in [3.05, 3.63) is 95.1 Å². The van der Waals surface area contributed by atoms with Gasteiger partial charge in [0.05, 0.1) is 35.2 Å². The highest BCUT2D eigenvalue weighted by molar-refractivity contribution is 6.23. The summed E-state index contributed by atoms with van der Waals surface area (Å²) in [5.41, 5.74) is 11.2. The van der Waals surface area contributed by atoms with Crippen LogP contribution in [0.15, 0.2) is 67.0 Å². The standard InChI is InChI=1S/C46H48FN11O6/c1-64-37-10-6-28(47)20-35(37)43(60)49-24-26-2-4-27(5-3-26)40-39-41(48)50-25-51-42(39)58(53-40)29-12-14-54(15-13-29)31-21-32(22-31)56-18-16-55(17-19-56)30-7-8-33-34(23-30)46(63)57(45(33)62)36-9-11-38(59)52-44(36)61/h2-8,10,20,23,25,29,31-32,36H,9,11-19,21-22,24H2,1H3,(H,49,60)(H2,48,50,51)(H,52,59,61)/t31-,32+,36-/m0/s1. The van der Waals surface area contributed by atoms with Crippen LogP contribution in [-0.4, -0.2) is 128 Å².